The Kier molecular flexibility index (Phi) is 3.48. The maximum Gasteiger partial charge on any atom is 0.255 e. The van der Waals surface area contributed by atoms with E-state index in [0.717, 1.165) is 21.5 Å². The molecule has 0 atom stereocenters. The Morgan fingerprint density at radius 1 is 1.15 bits per heavy atom. The van der Waals surface area contributed by atoms with Crippen molar-refractivity contribution >= 4 is 34.3 Å². The highest BCUT2D eigenvalue weighted by atomic mass is 32.2. The zero-order valence-electron chi connectivity index (χ0n) is 11.0. The average molecular weight is 282 g/mol. The number of aromatic amines is 1. The predicted octanol–water partition coefficient (Wildman–Crippen LogP) is 4.14. The summed E-state index contributed by atoms with van der Waals surface area (Å²) in [6, 6.07) is 15.4. The van der Waals surface area contributed by atoms with Gasteiger partial charge in [-0.15, -0.1) is 11.8 Å². The van der Waals surface area contributed by atoms with Gasteiger partial charge < -0.3 is 10.3 Å². The van der Waals surface area contributed by atoms with Gasteiger partial charge in [0.25, 0.3) is 5.91 Å². The number of benzene rings is 2. The molecule has 20 heavy (non-hydrogen) atoms. The topological polar surface area (TPSA) is 44.9 Å². The van der Waals surface area contributed by atoms with E-state index in [-0.39, 0.29) is 5.91 Å². The summed E-state index contributed by atoms with van der Waals surface area (Å²) >= 11 is 1.65. The van der Waals surface area contributed by atoms with Crippen LogP contribution in [0.1, 0.15) is 10.4 Å². The van der Waals surface area contributed by atoms with Crippen molar-refractivity contribution in [3.8, 4) is 0 Å². The molecule has 0 aliphatic heterocycles. The number of fused-ring (bicyclic) bond motifs is 1. The Hall–Kier alpha value is -2.20. The van der Waals surface area contributed by atoms with Crippen LogP contribution in [0, 0.1) is 0 Å². The number of anilines is 1. The monoisotopic (exact) mass is 282 g/mol. The molecule has 2 aromatic carbocycles. The molecule has 0 spiro atoms. The lowest BCUT2D eigenvalue weighted by atomic mass is 10.1. The van der Waals surface area contributed by atoms with Crippen LogP contribution < -0.4 is 5.32 Å². The third-order valence-electron chi connectivity index (χ3n) is 3.14. The van der Waals surface area contributed by atoms with E-state index in [0.29, 0.717) is 5.56 Å². The molecular formula is C16H14N2OS. The maximum absolute atomic E-state index is 12.3. The SMILES string of the molecule is CSc1cccc(NC(=O)c2ccc3[nH]ccc3c2)c1. The Morgan fingerprint density at radius 2 is 2.05 bits per heavy atom. The molecule has 3 nitrogen and oxygen atoms in total. The van der Waals surface area contributed by atoms with Gasteiger partial charge in [-0.1, -0.05) is 6.07 Å². The molecule has 0 fully saturated rings. The molecule has 2 N–H and O–H groups in total. The highest BCUT2D eigenvalue weighted by molar-refractivity contribution is 7.98. The van der Waals surface area contributed by atoms with Crippen molar-refractivity contribution in [3.05, 3.63) is 60.3 Å². The first-order valence-corrected chi connectivity index (χ1v) is 7.51. The Balaban J connectivity index is 1.84. The number of H-pyrrole nitrogens is 1. The van der Waals surface area contributed by atoms with Crippen LogP contribution in [0.2, 0.25) is 0 Å². The number of aromatic nitrogens is 1. The first kappa shape index (κ1) is 12.8. The normalized spacial score (nSPS) is 10.7. The fourth-order valence-electron chi connectivity index (χ4n) is 2.10. The minimum Gasteiger partial charge on any atom is -0.361 e. The molecule has 100 valence electrons. The smallest absolute Gasteiger partial charge is 0.255 e. The number of carbonyl (C=O) groups is 1. The lowest BCUT2D eigenvalue weighted by Gasteiger charge is -2.06. The molecule has 0 bridgehead atoms. The van der Waals surface area contributed by atoms with Crippen LogP contribution in [0.5, 0.6) is 0 Å². The summed E-state index contributed by atoms with van der Waals surface area (Å²) in [6.07, 6.45) is 3.88. The molecule has 3 aromatic rings. The van der Waals surface area contributed by atoms with Gasteiger partial charge in [0.2, 0.25) is 0 Å². The molecule has 0 saturated heterocycles. The minimum absolute atomic E-state index is 0.0913. The Labute approximate surface area is 121 Å². The summed E-state index contributed by atoms with van der Waals surface area (Å²) < 4.78 is 0. The second kappa shape index (κ2) is 5.43. The zero-order chi connectivity index (χ0) is 13.9. The number of carbonyl (C=O) groups excluding carboxylic acids is 1. The molecule has 0 aliphatic carbocycles. The van der Waals surface area contributed by atoms with Crippen LogP contribution in [-0.2, 0) is 0 Å². The van der Waals surface area contributed by atoms with E-state index in [1.54, 1.807) is 11.8 Å². The van der Waals surface area contributed by atoms with Crippen molar-refractivity contribution in [2.75, 3.05) is 11.6 Å². The van der Waals surface area contributed by atoms with Crippen LogP contribution in [-0.4, -0.2) is 17.1 Å². The van der Waals surface area contributed by atoms with Crippen LogP contribution in [0.3, 0.4) is 0 Å². The lowest BCUT2D eigenvalue weighted by Crippen LogP contribution is -2.11. The second-order valence-corrected chi connectivity index (χ2v) is 5.35. The van der Waals surface area contributed by atoms with Crippen LogP contribution in [0.4, 0.5) is 5.69 Å². The van der Waals surface area contributed by atoms with Crippen molar-refractivity contribution in [2.45, 2.75) is 4.90 Å². The van der Waals surface area contributed by atoms with Gasteiger partial charge in [0.1, 0.15) is 0 Å². The van der Waals surface area contributed by atoms with Crippen molar-refractivity contribution < 1.29 is 4.79 Å². The summed E-state index contributed by atoms with van der Waals surface area (Å²) in [6.45, 7) is 0. The first-order chi connectivity index (χ1) is 9.76. The van der Waals surface area contributed by atoms with Gasteiger partial charge in [-0.05, 0) is 48.7 Å². The molecule has 3 rings (SSSR count). The molecule has 0 unspecified atom stereocenters. The van der Waals surface area contributed by atoms with E-state index in [1.165, 1.54) is 0 Å². The molecule has 0 saturated carbocycles. The van der Waals surface area contributed by atoms with Crippen molar-refractivity contribution in [1.29, 1.82) is 0 Å². The lowest BCUT2D eigenvalue weighted by molar-refractivity contribution is 0.102. The van der Waals surface area contributed by atoms with E-state index in [2.05, 4.69) is 10.3 Å². The van der Waals surface area contributed by atoms with E-state index in [1.807, 2.05) is 61.0 Å². The van der Waals surface area contributed by atoms with Crippen molar-refractivity contribution in [2.24, 2.45) is 0 Å². The molecule has 4 heteroatoms. The molecule has 1 amide bonds. The highest BCUT2D eigenvalue weighted by Crippen LogP contribution is 2.20. The van der Waals surface area contributed by atoms with Gasteiger partial charge in [-0.3, -0.25) is 4.79 Å². The van der Waals surface area contributed by atoms with Crippen LogP contribution in [0.25, 0.3) is 10.9 Å². The van der Waals surface area contributed by atoms with Gasteiger partial charge in [-0.2, -0.15) is 0 Å². The third-order valence-corrected chi connectivity index (χ3v) is 3.87. The Bertz CT molecular complexity index is 764. The van der Waals surface area contributed by atoms with Gasteiger partial charge in [0.05, 0.1) is 0 Å². The standard InChI is InChI=1S/C16H14N2OS/c1-20-14-4-2-3-13(10-14)18-16(19)12-5-6-15-11(9-12)7-8-17-15/h2-10,17H,1H3,(H,18,19). The van der Waals surface area contributed by atoms with Gasteiger partial charge in [0, 0.05) is 33.2 Å². The van der Waals surface area contributed by atoms with E-state index in [9.17, 15) is 4.79 Å². The summed E-state index contributed by atoms with van der Waals surface area (Å²) in [4.78, 5) is 16.5. The van der Waals surface area contributed by atoms with E-state index >= 15 is 0 Å². The minimum atomic E-state index is -0.0913. The Morgan fingerprint density at radius 3 is 2.90 bits per heavy atom. The van der Waals surface area contributed by atoms with E-state index < -0.39 is 0 Å². The van der Waals surface area contributed by atoms with E-state index in [4.69, 9.17) is 0 Å². The maximum atomic E-state index is 12.3. The molecular weight excluding hydrogens is 268 g/mol. The first-order valence-electron chi connectivity index (χ1n) is 6.29. The largest absolute Gasteiger partial charge is 0.361 e. The number of nitrogens with one attached hydrogen (secondary N) is 2. The molecule has 0 radical (unpaired) electrons. The number of hydrogen-bond acceptors (Lipinski definition) is 2. The fraction of sp³-hybridized carbons (Fsp3) is 0.0625. The quantitative estimate of drug-likeness (QED) is 0.709. The van der Waals surface area contributed by atoms with Gasteiger partial charge in [-0.25, -0.2) is 0 Å². The number of thioether (sulfide) groups is 1. The van der Waals surface area contributed by atoms with Crippen LogP contribution >= 0.6 is 11.8 Å². The number of hydrogen-bond donors (Lipinski definition) is 2. The fourth-order valence-corrected chi connectivity index (χ4v) is 2.56. The van der Waals surface area contributed by atoms with Gasteiger partial charge >= 0.3 is 0 Å². The number of amides is 1. The molecule has 1 aromatic heterocycles. The summed E-state index contributed by atoms with van der Waals surface area (Å²) in [7, 11) is 0. The van der Waals surface area contributed by atoms with Gasteiger partial charge in [0.15, 0.2) is 0 Å². The predicted molar refractivity (Wildman–Crippen MR) is 84.5 cm³/mol. The van der Waals surface area contributed by atoms with Crippen molar-refractivity contribution in [1.82, 2.24) is 4.98 Å². The summed E-state index contributed by atoms with van der Waals surface area (Å²) in [5.74, 6) is -0.0913. The van der Waals surface area contributed by atoms with Crippen molar-refractivity contribution in [3.63, 3.8) is 0 Å². The molecule has 1 heterocycles. The zero-order valence-corrected chi connectivity index (χ0v) is 11.8. The highest BCUT2D eigenvalue weighted by Gasteiger charge is 2.07. The molecule has 0 aliphatic rings. The average Bonchev–Trinajstić information content (AvgIpc) is 2.94. The third kappa shape index (κ3) is 2.56. The number of rotatable bonds is 3. The summed E-state index contributed by atoms with van der Waals surface area (Å²) in [5.41, 5.74) is 2.51. The summed E-state index contributed by atoms with van der Waals surface area (Å²) in [5, 5.41) is 3.96. The second-order valence-electron chi connectivity index (χ2n) is 4.47. The van der Waals surface area contributed by atoms with Crippen LogP contribution in [0.15, 0.2) is 59.6 Å².